The molecule has 3 rings (SSSR count). The number of esters is 1. The number of methoxy groups -OCH3 is 1. The summed E-state index contributed by atoms with van der Waals surface area (Å²) in [6, 6.07) is 4.14. The second-order valence-electron chi connectivity index (χ2n) is 7.05. The van der Waals surface area contributed by atoms with Crippen molar-refractivity contribution in [2.24, 2.45) is 0 Å². The third kappa shape index (κ3) is 5.53. The monoisotopic (exact) mass is 463 g/mol. The molecule has 0 spiro atoms. The Kier molecular flexibility index (Phi) is 7.63. The lowest BCUT2D eigenvalue weighted by Gasteiger charge is -2.12. The first kappa shape index (κ1) is 23.5. The van der Waals surface area contributed by atoms with Crippen molar-refractivity contribution in [1.29, 1.82) is 0 Å². The van der Waals surface area contributed by atoms with Crippen LogP contribution >= 0.6 is 11.6 Å². The quantitative estimate of drug-likeness (QED) is 0.414. The number of carbonyl (C=O) groups is 1. The molecular weight excluding hydrogens is 441 g/mol. The number of pyridine rings is 1. The number of benzene rings is 1. The normalized spacial score (nSPS) is 11.0. The van der Waals surface area contributed by atoms with E-state index in [0.717, 1.165) is 0 Å². The molecule has 32 heavy (non-hydrogen) atoms. The Balaban J connectivity index is 1.91. The zero-order valence-corrected chi connectivity index (χ0v) is 18.9. The van der Waals surface area contributed by atoms with Gasteiger partial charge in [-0.15, -0.1) is 0 Å². The SMILES string of the molecule is CCOC(=O)CCc1cc(F)cc(-c2noc(-c3cnc(OC(C)C)c(Cl)c3)n2)c1OC. The molecular formula is C22H23ClFN3O5. The molecule has 3 aromatic rings. The molecule has 1 aromatic carbocycles. The van der Waals surface area contributed by atoms with Gasteiger partial charge >= 0.3 is 5.97 Å². The Morgan fingerprint density at radius 3 is 2.72 bits per heavy atom. The Bertz CT molecular complexity index is 1100. The van der Waals surface area contributed by atoms with Gasteiger partial charge in [-0.2, -0.15) is 4.98 Å². The smallest absolute Gasteiger partial charge is 0.306 e. The highest BCUT2D eigenvalue weighted by molar-refractivity contribution is 6.32. The number of rotatable bonds is 9. The maximum absolute atomic E-state index is 14.3. The van der Waals surface area contributed by atoms with Crippen molar-refractivity contribution in [3.8, 4) is 34.5 Å². The van der Waals surface area contributed by atoms with Crippen LogP contribution in [0.5, 0.6) is 11.6 Å². The van der Waals surface area contributed by atoms with Gasteiger partial charge in [-0.3, -0.25) is 4.79 Å². The molecule has 0 unspecified atom stereocenters. The molecule has 170 valence electrons. The minimum Gasteiger partial charge on any atom is -0.496 e. The zero-order chi connectivity index (χ0) is 23.3. The third-order valence-corrected chi connectivity index (χ3v) is 4.58. The van der Waals surface area contributed by atoms with E-state index in [-0.39, 0.29) is 43.2 Å². The van der Waals surface area contributed by atoms with Crippen LogP contribution < -0.4 is 9.47 Å². The number of halogens is 2. The van der Waals surface area contributed by atoms with Crippen LogP contribution in [-0.2, 0) is 16.0 Å². The van der Waals surface area contributed by atoms with E-state index in [4.69, 9.17) is 30.3 Å². The maximum Gasteiger partial charge on any atom is 0.306 e. The number of ether oxygens (including phenoxy) is 3. The molecule has 0 saturated heterocycles. The lowest BCUT2D eigenvalue weighted by molar-refractivity contribution is -0.143. The number of carbonyl (C=O) groups excluding carboxylic acids is 1. The summed E-state index contributed by atoms with van der Waals surface area (Å²) in [5, 5.41) is 4.24. The fourth-order valence-corrected chi connectivity index (χ4v) is 3.23. The van der Waals surface area contributed by atoms with Crippen LogP contribution in [0.1, 0.15) is 32.8 Å². The molecule has 0 aliphatic carbocycles. The van der Waals surface area contributed by atoms with Gasteiger partial charge in [0.15, 0.2) is 0 Å². The van der Waals surface area contributed by atoms with Gasteiger partial charge in [0.25, 0.3) is 5.89 Å². The summed E-state index contributed by atoms with van der Waals surface area (Å²) in [6.45, 7) is 5.73. The molecule has 2 aromatic heterocycles. The number of hydrogen-bond acceptors (Lipinski definition) is 8. The van der Waals surface area contributed by atoms with Crippen molar-refractivity contribution >= 4 is 17.6 Å². The molecule has 0 fully saturated rings. The number of aryl methyl sites for hydroxylation is 1. The van der Waals surface area contributed by atoms with Gasteiger partial charge < -0.3 is 18.7 Å². The van der Waals surface area contributed by atoms with Gasteiger partial charge in [0, 0.05) is 12.6 Å². The summed E-state index contributed by atoms with van der Waals surface area (Å²) >= 11 is 6.23. The van der Waals surface area contributed by atoms with Gasteiger partial charge in [-0.25, -0.2) is 9.37 Å². The first-order chi connectivity index (χ1) is 15.3. The van der Waals surface area contributed by atoms with E-state index in [1.54, 1.807) is 13.0 Å². The fraction of sp³-hybridized carbons (Fsp3) is 0.364. The van der Waals surface area contributed by atoms with Gasteiger partial charge in [-0.1, -0.05) is 16.8 Å². The topological polar surface area (TPSA) is 96.6 Å². The molecule has 0 radical (unpaired) electrons. The molecule has 0 aliphatic rings. The third-order valence-electron chi connectivity index (χ3n) is 4.31. The zero-order valence-electron chi connectivity index (χ0n) is 18.1. The minimum absolute atomic E-state index is 0.0829. The van der Waals surface area contributed by atoms with E-state index in [1.807, 2.05) is 13.8 Å². The summed E-state index contributed by atoms with van der Waals surface area (Å²) < 4.78 is 35.6. The summed E-state index contributed by atoms with van der Waals surface area (Å²) in [5.41, 5.74) is 1.25. The van der Waals surface area contributed by atoms with Gasteiger partial charge in [0.2, 0.25) is 11.7 Å². The van der Waals surface area contributed by atoms with Crippen LogP contribution in [0.4, 0.5) is 4.39 Å². The molecule has 0 N–H and O–H groups in total. The van der Waals surface area contributed by atoms with E-state index in [1.165, 1.54) is 25.4 Å². The van der Waals surface area contributed by atoms with Crippen LogP contribution in [-0.4, -0.2) is 40.9 Å². The molecule has 0 saturated carbocycles. The van der Waals surface area contributed by atoms with E-state index in [0.29, 0.717) is 33.3 Å². The molecule has 2 heterocycles. The van der Waals surface area contributed by atoms with Crippen molar-refractivity contribution in [3.63, 3.8) is 0 Å². The fourth-order valence-electron chi connectivity index (χ4n) is 3.02. The van der Waals surface area contributed by atoms with Crippen LogP contribution in [0.2, 0.25) is 5.02 Å². The summed E-state index contributed by atoms with van der Waals surface area (Å²) in [7, 11) is 1.45. The van der Waals surface area contributed by atoms with Crippen molar-refractivity contribution in [3.05, 3.63) is 40.8 Å². The predicted octanol–water partition coefficient (Wildman–Crippen LogP) is 4.88. The second kappa shape index (κ2) is 10.4. The van der Waals surface area contributed by atoms with E-state index in [2.05, 4.69) is 15.1 Å². The highest BCUT2D eigenvalue weighted by atomic mass is 35.5. The van der Waals surface area contributed by atoms with E-state index >= 15 is 0 Å². The Labute approximate surface area is 189 Å². The molecule has 0 amide bonds. The number of nitrogens with zero attached hydrogens (tertiary/aromatic N) is 3. The lowest BCUT2D eigenvalue weighted by atomic mass is 10.0. The Morgan fingerprint density at radius 1 is 1.28 bits per heavy atom. The molecule has 0 aliphatic heterocycles. The molecule has 10 heteroatoms. The largest absolute Gasteiger partial charge is 0.496 e. The Morgan fingerprint density at radius 2 is 2.06 bits per heavy atom. The first-order valence-corrected chi connectivity index (χ1v) is 10.4. The van der Waals surface area contributed by atoms with Gasteiger partial charge in [-0.05, 0) is 51.0 Å². The molecule has 0 atom stereocenters. The standard InChI is InChI=1S/C22H23ClFN3O5/c1-5-30-18(28)7-6-13-8-15(24)10-16(19(13)29-4)20-26-21(32-27-20)14-9-17(23)22(25-11-14)31-12(2)3/h8-12H,5-7H2,1-4H3. The van der Waals surface area contributed by atoms with Crippen molar-refractivity contribution < 1.29 is 27.9 Å². The van der Waals surface area contributed by atoms with E-state index < -0.39 is 5.82 Å². The summed E-state index contributed by atoms with van der Waals surface area (Å²) in [6.07, 6.45) is 1.72. The highest BCUT2D eigenvalue weighted by Crippen LogP contribution is 2.35. The van der Waals surface area contributed by atoms with Crippen LogP contribution in [0.15, 0.2) is 28.9 Å². The number of aromatic nitrogens is 3. The van der Waals surface area contributed by atoms with E-state index in [9.17, 15) is 9.18 Å². The first-order valence-electron chi connectivity index (χ1n) is 10.0. The Hall–Kier alpha value is -3.20. The van der Waals surface area contributed by atoms with Crippen molar-refractivity contribution in [2.75, 3.05) is 13.7 Å². The number of hydrogen-bond donors (Lipinski definition) is 0. The predicted molar refractivity (Wildman–Crippen MR) is 115 cm³/mol. The average Bonchev–Trinajstić information content (AvgIpc) is 3.23. The van der Waals surface area contributed by atoms with Crippen molar-refractivity contribution in [1.82, 2.24) is 15.1 Å². The molecule has 0 bridgehead atoms. The summed E-state index contributed by atoms with van der Waals surface area (Å²) in [5.74, 6) is 0.00252. The second-order valence-corrected chi connectivity index (χ2v) is 7.46. The van der Waals surface area contributed by atoms with Crippen LogP contribution in [0.3, 0.4) is 0 Å². The summed E-state index contributed by atoms with van der Waals surface area (Å²) in [4.78, 5) is 20.2. The highest BCUT2D eigenvalue weighted by Gasteiger charge is 2.20. The minimum atomic E-state index is -0.522. The van der Waals surface area contributed by atoms with Gasteiger partial charge in [0.05, 0.1) is 30.9 Å². The molecule has 8 nitrogen and oxygen atoms in total. The average molecular weight is 464 g/mol. The van der Waals surface area contributed by atoms with Crippen LogP contribution in [0.25, 0.3) is 22.8 Å². The maximum atomic E-state index is 14.3. The lowest BCUT2D eigenvalue weighted by Crippen LogP contribution is -2.07. The van der Waals surface area contributed by atoms with Crippen molar-refractivity contribution in [2.45, 2.75) is 39.7 Å². The van der Waals surface area contributed by atoms with Crippen LogP contribution in [0, 0.1) is 5.82 Å². The van der Waals surface area contributed by atoms with Gasteiger partial charge in [0.1, 0.15) is 16.6 Å².